The minimum absolute atomic E-state index is 0.0443. The van der Waals surface area contributed by atoms with Crippen LogP contribution in [0.25, 0.3) is 0 Å². The zero-order valence-corrected chi connectivity index (χ0v) is 11.4. The van der Waals surface area contributed by atoms with E-state index in [1.165, 1.54) is 0 Å². The molecule has 110 valence electrons. The maximum absolute atomic E-state index is 11.9. The zero-order valence-electron chi connectivity index (χ0n) is 11.4. The molecular formula is C13H16N6O2. The maximum atomic E-state index is 11.9. The molecule has 0 unspecified atom stereocenters. The first-order valence-corrected chi connectivity index (χ1v) is 6.64. The first-order valence-electron chi connectivity index (χ1n) is 6.64. The number of carbonyl (C=O) groups is 1. The van der Waals surface area contributed by atoms with E-state index in [9.17, 15) is 4.79 Å². The molecular weight excluding hydrogens is 272 g/mol. The van der Waals surface area contributed by atoms with Crippen LogP contribution in [0.5, 0.6) is 0 Å². The minimum Gasteiger partial charge on any atom is -0.378 e. The summed E-state index contributed by atoms with van der Waals surface area (Å²) < 4.78 is 5.32. The number of aromatic nitrogens is 3. The number of nitrogens with zero attached hydrogens (tertiary/aromatic N) is 3. The number of H-pyrrole nitrogens is 1. The molecule has 1 saturated heterocycles. The normalized spacial score (nSPS) is 15.0. The van der Waals surface area contributed by atoms with E-state index in [0.29, 0.717) is 5.69 Å². The van der Waals surface area contributed by atoms with Crippen LogP contribution in [0.1, 0.15) is 10.6 Å². The summed E-state index contributed by atoms with van der Waals surface area (Å²) in [6.45, 7) is 3.24. The molecule has 1 amide bonds. The fourth-order valence-electron chi connectivity index (χ4n) is 2.14. The Morgan fingerprint density at radius 3 is 2.62 bits per heavy atom. The molecule has 0 bridgehead atoms. The van der Waals surface area contributed by atoms with Gasteiger partial charge >= 0.3 is 0 Å². The number of nitrogens with two attached hydrogens (primary N) is 1. The smallest absolute Gasteiger partial charge is 0.293 e. The summed E-state index contributed by atoms with van der Waals surface area (Å²) >= 11 is 0. The second kappa shape index (κ2) is 5.80. The molecule has 8 nitrogen and oxygen atoms in total. The van der Waals surface area contributed by atoms with Crippen molar-refractivity contribution >= 4 is 23.2 Å². The number of carbonyl (C=O) groups excluding carboxylic acids is 1. The van der Waals surface area contributed by atoms with Crippen molar-refractivity contribution in [3.63, 3.8) is 0 Å². The highest BCUT2D eigenvalue weighted by Gasteiger charge is 2.13. The minimum atomic E-state index is -0.377. The Morgan fingerprint density at radius 2 is 2.00 bits per heavy atom. The van der Waals surface area contributed by atoms with Gasteiger partial charge in [0.05, 0.1) is 13.2 Å². The topological polar surface area (TPSA) is 109 Å². The Bertz CT molecular complexity index is 618. The van der Waals surface area contributed by atoms with E-state index in [-0.39, 0.29) is 17.7 Å². The Labute approximate surface area is 121 Å². The van der Waals surface area contributed by atoms with Crippen molar-refractivity contribution in [2.24, 2.45) is 0 Å². The second-order valence-corrected chi connectivity index (χ2v) is 4.64. The molecule has 2 heterocycles. The van der Waals surface area contributed by atoms with E-state index in [4.69, 9.17) is 10.5 Å². The van der Waals surface area contributed by atoms with Gasteiger partial charge in [0, 0.05) is 24.5 Å². The third-order valence-electron chi connectivity index (χ3n) is 3.22. The SMILES string of the molecule is Nc1n[nH]c(C(=O)Nc2ccc(N3CCOCC3)cc2)n1. The first kappa shape index (κ1) is 13.4. The number of nitrogen functional groups attached to an aromatic ring is 1. The van der Waals surface area contributed by atoms with Gasteiger partial charge in [0.1, 0.15) is 0 Å². The lowest BCUT2D eigenvalue weighted by Gasteiger charge is -2.28. The van der Waals surface area contributed by atoms with Gasteiger partial charge in [-0.1, -0.05) is 0 Å². The molecule has 0 saturated carbocycles. The summed E-state index contributed by atoms with van der Waals surface area (Å²) in [7, 11) is 0. The number of anilines is 3. The molecule has 0 radical (unpaired) electrons. The van der Waals surface area contributed by atoms with E-state index >= 15 is 0 Å². The molecule has 4 N–H and O–H groups in total. The van der Waals surface area contributed by atoms with Crippen molar-refractivity contribution in [1.82, 2.24) is 15.2 Å². The summed E-state index contributed by atoms with van der Waals surface area (Å²) in [5, 5.41) is 8.82. The van der Waals surface area contributed by atoms with Gasteiger partial charge in [-0.25, -0.2) is 0 Å². The van der Waals surface area contributed by atoms with E-state index in [1.807, 2.05) is 24.3 Å². The highest BCUT2D eigenvalue weighted by molar-refractivity contribution is 6.01. The van der Waals surface area contributed by atoms with Gasteiger partial charge in [-0.05, 0) is 24.3 Å². The van der Waals surface area contributed by atoms with Crippen molar-refractivity contribution < 1.29 is 9.53 Å². The largest absolute Gasteiger partial charge is 0.378 e. The molecule has 0 spiro atoms. The van der Waals surface area contributed by atoms with Gasteiger partial charge in [0.2, 0.25) is 11.8 Å². The highest BCUT2D eigenvalue weighted by Crippen LogP contribution is 2.19. The zero-order chi connectivity index (χ0) is 14.7. The molecule has 1 aliphatic rings. The predicted molar refractivity (Wildman–Crippen MR) is 78.2 cm³/mol. The van der Waals surface area contributed by atoms with Crippen molar-refractivity contribution in [1.29, 1.82) is 0 Å². The van der Waals surface area contributed by atoms with Crippen molar-refractivity contribution in [3.05, 3.63) is 30.1 Å². The third kappa shape index (κ3) is 3.11. The van der Waals surface area contributed by atoms with Crippen LogP contribution in [0.2, 0.25) is 0 Å². The van der Waals surface area contributed by atoms with Crippen LogP contribution in [0.4, 0.5) is 17.3 Å². The average Bonchev–Trinajstić information content (AvgIpc) is 2.96. The number of rotatable bonds is 3. The van der Waals surface area contributed by atoms with Gasteiger partial charge in [-0.3, -0.25) is 9.89 Å². The summed E-state index contributed by atoms with van der Waals surface area (Å²) in [6, 6.07) is 7.64. The molecule has 3 rings (SSSR count). The number of amides is 1. The van der Waals surface area contributed by atoms with Crippen LogP contribution in [0, 0.1) is 0 Å². The summed E-state index contributed by atoms with van der Waals surface area (Å²) in [5.74, 6) is -0.245. The lowest BCUT2D eigenvalue weighted by Crippen LogP contribution is -2.36. The van der Waals surface area contributed by atoms with Crippen LogP contribution >= 0.6 is 0 Å². The number of morpholine rings is 1. The van der Waals surface area contributed by atoms with Crippen LogP contribution in [0.15, 0.2) is 24.3 Å². The molecule has 2 aromatic rings. The molecule has 21 heavy (non-hydrogen) atoms. The summed E-state index contributed by atoms with van der Waals surface area (Å²) in [6.07, 6.45) is 0. The van der Waals surface area contributed by atoms with Gasteiger partial charge in [0.25, 0.3) is 5.91 Å². The number of nitrogens with one attached hydrogen (secondary N) is 2. The van der Waals surface area contributed by atoms with Gasteiger partial charge in [0.15, 0.2) is 0 Å². The summed E-state index contributed by atoms with van der Waals surface area (Å²) in [4.78, 5) is 17.9. The first-order chi connectivity index (χ1) is 10.2. The van der Waals surface area contributed by atoms with Crippen LogP contribution in [0.3, 0.4) is 0 Å². The van der Waals surface area contributed by atoms with E-state index < -0.39 is 0 Å². The van der Waals surface area contributed by atoms with Crippen molar-refractivity contribution in [2.75, 3.05) is 42.3 Å². The maximum Gasteiger partial charge on any atom is 0.293 e. The van der Waals surface area contributed by atoms with E-state index in [2.05, 4.69) is 25.4 Å². The molecule has 0 atom stereocenters. The van der Waals surface area contributed by atoms with Crippen LogP contribution in [-0.2, 0) is 4.74 Å². The van der Waals surface area contributed by atoms with Crippen molar-refractivity contribution in [3.8, 4) is 0 Å². The highest BCUT2D eigenvalue weighted by atomic mass is 16.5. The van der Waals surface area contributed by atoms with E-state index in [0.717, 1.165) is 32.0 Å². The van der Waals surface area contributed by atoms with Crippen LogP contribution < -0.4 is 16.0 Å². The molecule has 8 heteroatoms. The fraction of sp³-hybridized carbons (Fsp3) is 0.308. The Morgan fingerprint density at radius 1 is 1.29 bits per heavy atom. The van der Waals surface area contributed by atoms with Gasteiger partial charge < -0.3 is 20.7 Å². The van der Waals surface area contributed by atoms with Gasteiger partial charge in [-0.2, -0.15) is 4.98 Å². The number of aromatic amines is 1. The molecule has 1 aromatic heterocycles. The second-order valence-electron chi connectivity index (χ2n) is 4.64. The Kier molecular flexibility index (Phi) is 3.69. The Balaban J connectivity index is 1.65. The molecule has 0 aliphatic carbocycles. The van der Waals surface area contributed by atoms with Gasteiger partial charge in [-0.15, -0.1) is 5.10 Å². The third-order valence-corrected chi connectivity index (χ3v) is 3.22. The Hall–Kier alpha value is -2.61. The average molecular weight is 288 g/mol. The lowest BCUT2D eigenvalue weighted by molar-refractivity contribution is 0.101. The lowest BCUT2D eigenvalue weighted by atomic mass is 10.2. The summed E-state index contributed by atoms with van der Waals surface area (Å²) in [5.41, 5.74) is 7.16. The number of hydrogen-bond donors (Lipinski definition) is 3. The molecule has 1 aliphatic heterocycles. The quantitative estimate of drug-likeness (QED) is 0.757. The van der Waals surface area contributed by atoms with Crippen LogP contribution in [-0.4, -0.2) is 47.4 Å². The number of ether oxygens (including phenoxy) is 1. The monoisotopic (exact) mass is 288 g/mol. The number of benzene rings is 1. The number of hydrogen-bond acceptors (Lipinski definition) is 6. The van der Waals surface area contributed by atoms with E-state index in [1.54, 1.807) is 0 Å². The standard InChI is InChI=1S/C13H16N6O2/c14-13-16-11(17-18-13)12(20)15-9-1-3-10(4-2-9)19-5-7-21-8-6-19/h1-4H,5-8H2,(H,15,20)(H3,14,16,17,18). The predicted octanol–water partition coefficient (Wildman–Crippen LogP) is 0.476. The van der Waals surface area contributed by atoms with Crippen molar-refractivity contribution in [2.45, 2.75) is 0 Å². The molecule has 1 aromatic carbocycles. The molecule has 1 fully saturated rings. The fourth-order valence-corrected chi connectivity index (χ4v) is 2.14.